The fourth-order valence-corrected chi connectivity index (χ4v) is 1.98. The van der Waals surface area contributed by atoms with Crippen LogP contribution in [-0.2, 0) is 9.59 Å². The van der Waals surface area contributed by atoms with Crippen LogP contribution in [0.3, 0.4) is 0 Å². The molecule has 17 heavy (non-hydrogen) atoms. The molecule has 0 unspecified atom stereocenters. The summed E-state index contributed by atoms with van der Waals surface area (Å²) in [4.78, 5) is 25.7. The molecule has 1 rings (SSSR count). The highest BCUT2D eigenvalue weighted by molar-refractivity contribution is 5.92. The minimum atomic E-state index is -0.780. The second-order valence-electron chi connectivity index (χ2n) is 6.17. The summed E-state index contributed by atoms with van der Waals surface area (Å²) < 4.78 is 0. The molecule has 98 valence electrons. The van der Waals surface area contributed by atoms with Gasteiger partial charge in [-0.1, -0.05) is 20.8 Å². The summed E-state index contributed by atoms with van der Waals surface area (Å²) in [5.74, 6) is -0.0231. The van der Waals surface area contributed by atoms with Crippen LogP contribution in [0, 0.1) is 5.41 Å². The monoisotopic (exact) mass is 240 g/mol. The third-order valence-corrected chi connectivity index (χ3v) is 3.46. The van der Waals surface area contributed by atoms with Crippen molar-refractivity contribution < 1.29 is 9.59 Å². The molecule has 1 heterocycles. The first-order valence-electron chi connectivity index (χ1n) is 6.28. The van der Waals surface area contributed by atoms with Gasteiger partial charge in [0.2, 0.25) is 11.8 Å². The van der Waals surface area contributed by atoms with E-state index in [9.17, 15) is 9.59 Å². The van der Waals surface area contributed by atoms with Gasteiger partial charge in [-0.05, 0) is 25.7 Å². The molecule has 0 aromatic rings. The zero-order valence-corrected chi connectivity index (χ0v) is 11.6. The Morgan fingerprint density at radius 1 is 1.35 bits per heavy atom. The zero-order valence-electron chi connectivity index (χ0n) is 11.6. The van der Waals surface area contributed by atoms with E-state index in [-0.39, 0.29) is 17.2 Å². The van der Waals surface area contributed by atoms with Crippen molar-refractivity contribution in [3.8, 4) is 0 Å². The number of carbonyl (C=O) groups is 2. The van der Waals surface area contributed by atoms with E-state index in [0.717, 1.165) is 6.42 Å². The number of hydrogen-bond acceptors (Lipinski definition) is 2. The lowest BCUT2D eigenvalue weighted by atomic mass is 9.89. The zero-order chi connectivity index (χ0) is 13.3. The molecule has 0 bridgehead atoms. The van der Waals surface area contributed by atoms with Crippen molar-refractivity contribution in [3.05, 3.63) is 0 Å². The molecule has 2 amide bonds. The van der Waals surface area contributed by atoms with Gasteiger partial charge in [-0.2, -0.15) is 0 Å². The van der Waals surface area contributed by atoms with E-state index in [1.54, 1.807) is 13.8 Å². The minimum Gasteiger partial charge on any atom is -0.342 e. The van der Waals surface area contributed by atoms with Gasteiger partial charge in [0.1, 0.15) is 5.54 Å². The first kappa shape index (κ1) is 14.0. The van der Waals surface area contributed by atoms with Crippen LogP contribution in [0.2, 0.25) is 0 Å². The summed E-state index contributed by atoms with van der Waals surface area (Å²) in [6.07, 6.45) is 1.41. The van der Waals surface area contributed by atoms with E-state index >= 15 is 0 Å². The summed E-state index contributed by atoms with van der Waals surface area (Å²) in [5, 5.41) is 2.77. The van der Waals surface area contributed by atoms with Crippen molar-refractivity contribution in [2.45, 2.75) is 53.0 Å². The highest BCUT2D eigenvalue weighted by Crippen LogP contribution is 2.24. The van der Waals surface area contributed by atoms with Crippen LogP contribution >= 0.6 is 0 Å². The van der Waals surface area contributed by atoms with Gasteiger partial charge in [-0.3, -0.25) is 9.59 Å². The molecule has 1 fully saturated rings. The quantitative estimate of drug-likeness (QED) is 0.813. The van der Waals surface area contributed by atoms with Gasteiger partial charge in [0.25, 0.3) is 0 Å². The van der Waals surface area contributed by atoms with Gasteiger partial charge in [0, 0.05) is 19.5 Å². The number of amides is 2. The Morgan fingerprint density at radius 3 is 2.47 bits per heavy atom. The fourth-order valence-electron chi connectivity index (χ4n) is 1.98. The largest absolute Gasteiger partial charge is 0.342 e. The maximum Gasteiger partial charge on any atom is 0.247 e. The minimum absolute atomic E-state index is 0.0184. The van der Waals surface area contributed by atoms with Crippen molar-refractivity contribution in [2.75, 3.05) is 13.1 Å². The third-order valence-electron chi connectivity index (χ3n) is 3.46. The van der Waals surface area contributed by atoms with E-state index in [1.165, 1.54) is 0 Å². The van der Waals surface area contributed by atoms with Crippen molar-refractivity contribution >= 4 is 11.8 Å². The van der Waals surface area contributed by atoms with Gasteiger partial charge in [-0.25, -0.2) is 0 Å². The van der Waals surface area contributed by atoms with Crippen molar-refractivity contribution in [2.24, 2.45) is 5.41 Å². The maximum absolute atomic E-state index is 12.3. The van der Waals surface area contributed by atoms with Gasteiger partial charge in [-0.15, -0.1) is 0 Å². The van der Waals surface area contributed by atoms with Crippen LogP contribution < -0.4 is 5.32 Å². The highest BCUT2D eigenvalue weighted by atomic mass is 16.2. The molecular weight excluding hydrogens is 216 g/mol. The Hall–Kier alpha value is -1.06. The molecule has 0 aliphatic carbocycles. The molecule has 1 saturated heterocycles. The number of carbonyl (C=O) groups excluding carboxylic acids is 2. The van der Waals surface area contributed by atoms with Crippen LogP contribution in [-0.4, -0.2) is 35.3 Å². The Kier molecular flexibility index (Phi) is 3.84. The molecule has 0 aromatic heterocycles. The lowest BCUT2D eigenvalue weighted by Gasteiger charge is -2.34. The summed E-state index contributed by atoms with van der Waals surface area (Å²) in [6.45, 7) is 11.2. The standard InChI is InChI=1S/C13H24N2O2/c1-6-12(2,3)9-15-8-7-10(16)14-13(4,5)11(15)17/h6-9H2,1-5H3,(H,14,16). The first-order valence-corrected chi connectivity index (χ1v) is 6.28. The fraction of sp³-hybridized carbons (Fsp3) is 0.846. The van der Waals surface area contributed by atoms with Crippen LogP contribution in [0.1, 0.15) is 47.5 Å². The third kappa shape index (κ3) is 3.45. The smallest absolute Gasteiger partial charge is 0.247 e. The highest BCUT2D eigenvalue weighted by Gasteiger charge is 2.37. The lowest BCUT2D eigenvalue weighted by Crippen LogP contribution is -2.54. The van der Waals surface area contributed by atoms with Crippen molar-refractivity contribution in [1.29, 1.82) is 0 Å². The Morgan fingerprint density at radius 2 is 1.94 bits per heavy atom. The molecule has 1 aliphatic rings. The predicted octanol–water partition coefficient (Wildman–Crippen LogP) is 1.55. The number of hydrogen-bond donors (Lipinski definition) is 1. The Bertz CT molecular complexity index is 321. The molecule has 0 saturated carbocycles. The van der Waals surface area contributed by atoms with Gasteiger partial charge in [0.05, 0.1) is 0 Å². The second kappa shape index (κ2) is 4.67. The van der Waals surface area contributed by atoms with Crippen LogP contribution in [0.25, 0.3) is 0 Å². The summed E-state index contributed by atoms with van der Waals surface area (Å²) in [7, 11) is 0. The number of rotatable bonds is 3. The molecule has 4 heteroatoms. The Labute approximate surface area is 104 Å². The SMILES string of the molecule is CCC(C)(C)CN1CCC(=O)NC(C)(C)C1=O. The van der Waals surface area contributed by atoms with Crippen molar-refractivity contribution in [1.82, 2.24) is 10.2 Å². The summed E-state index contributed by atoms with van der Waals surface area (Å²) >= 11 is 0. The molecule has 0 radical (unpaired) electrons. The summed E-state index contributed by atoms with van der Waals surface area (Å²) in [5.41, 5.74) is -0.684. The molecule has 4 nitrogen and oxygen atoms in total. The summed E-state index contributed by atoms with van der Waals surface area (Å²) in [6, 6.07) is 0. The molecule has 1 aliphatic heterocycles. The van der Waals surface area contributed by atoms with Gasteiger partial charge < -0.3 is 10.2 Å². The van der Waals surface area contributed by atoms with E-state index in [4.69, 9.17) is 0 Å². The number of nitrogens with zero attached hydrogens (tertiary/aromatic N) is 1. The van der Waals surface area contributed by atoms with E-state index < -0.39 is 5.54 Å². The molecule has 1 N–H and O–H groups in total. The Balaban J connectivity index is 2.85. The van der Waals surface area contributed by atoms with Crippen molar-refractivity contribution in [3.63, 3.8) is 0 Å². The normalized spacial score (nSPS) is 21.1. The van der Waals surface area contributed by atoms with Gasteiger partial charge >= 0.3 is 0 Å². The lowest BCUT2D eigenvalue weighted by molar-refractivity contribution is -0.138. The van der Waals surface area contributed by atoms with Crippen LogP contribution in [0.5, 0.6) is 0 Å². The van der Waals surface area contributed by atoms with E-state index in [2.05, 4.69) is 26.1 Å². The molecule has 0 aromatic carbocycles. The molecule has 0 atom stereocenters. The maximum atomic E-state index is 12.3. The van der Waals surface area contributed by atoms with E-state index in [1.807, 2.05) is 4.90 Å². The topological polar surface area (TPSA) is 49.4 Å². The average Bonchev–Trinajstić information content (AvgIpc) is 2.29. The number of nitrogens with one attached hydrogen (secondary N) is 1. The first-order chi connectivity index (χ1) is 7.68. The molecular formula is C13H24N2O2. The van der Waals surface area contributed by atoms with Gasteiger partial charge in [0.15, 0.2) is 0 Å². The average molecular weight is 240 g/mol. The molecule has 0 spiro atoms. The van der Waals surface area contributed by atoms with Crippen LogP contribution in [0.4, 0.5) is 0 Å². The van der Waals surface area contributed by atoms with Crippen LogP contribution in [0.15, 0.2) is 0 Å². The van der Waals surface area contributed by atoms with E-state index in [0.29, 0.717) is 19.5 Å². The second-order valence-corrected chi connectivity index (χ2v) is 6.17. The predicted molar refractivity (Wildman–Crippen MR) is 67.5 cm³/mol.